The Bertz CT molecular complexity index is 567. The smallest absolute Gasteiger partial charge is 0.168 e. The Morgan fingerprint density at radius 3 is 2.59 bits per heavy atom. The molecule has 2 rings (SSSR count). The van der Waals surface area contributed by atoms with Crippen molar-refractivity contribution < 1.29 is 13.6 Å². The summed E-state index contributed by atoms with van der Waals surface area (Å²) in [4.78, 5) is 14.2. The van der Waals surface area contributed by atoms with Crippen LogP contribution in [-0.4, -0.2) is 11.3 Å². The number of hydrogen-bond acceptors (Lipinski definition) is 3. The van der Waals surface area contributed by atoms with Gasteiger partial charge < -0.3 is 5.73 Å². The maximum atomic E-state index is 13.5. The molecule has 0 radical (unpaired) electrons. The lowest BCUT2D eigenvalue weighted by atomic mass is 10.1. The van der Waals surface area contributed by atoms with Crippen LogP contribution in [0.15, 0.2) is 30.5 Å². The molecule has 0 atom stereocenters. The standard InChI is InChI=1S/C12H8F2N2O/c13-11-4-8(15)3-10(12(11)14)7-1-2-9(6-17)16-5-7/h1-6H,15H2. The SMILES string of the molecule is Nc1cc(F)c(F)c(-c2ccc(C=O)nc2)c1. The number of carbonyl (C=O) groups excluding carboxylic acids is 1. The highest BCUT2D eigenvalue weighted by Crippen LogP contribution is 2.26. The first-order valence-electron chi connectivity index (χ1n) is 4.78. The normalized spacial score (nSPS) is 10.2. The predicted molar refractivity (Wildman–Crippen MR) is 59.4 cm³/mol. The highest BCUT2D eigenvalue weighted by molar-refractivity contribution is 5.74. The molecule has 0 bridgehead atoms. The Hall–Kier alpha value is -2.30. The number of benzene rings is 1. The molecule has 0 aliphatic heterocycles. The molecule has 0 spiro atoms. The zero-order valence-corrected chi connectivity index (χ0v) is 8.65. The van der Waals surface area contributed by atoms with Crippen molar-refractivity contribution in [2.24, 2.45) is 0 Å². The van der Waals surface area contributed by atoms with Crippen LogP contribution < -0.4 is 5.73 Å². The van der Waals surface area contributed by atoms with Crippen molar-refractivity contribution in [2.45, 2.75) is 0 Å². The molecule has 1 aromatic carbocycles. The van der Waals surface area contributed by atoms with E-state index in [2.05, 4.69) is 4.98 Å². The molecule has 17 heavy (non-hydrogen) atoms. The molecule has 3 nitrogen and oxygen atoms in total. The minimum Gasteiger partial charge on any atom is -0.399 e. The summed E-state index contributed by atoms with van der Waals surface area (Å²) in [5.74, 6) is -2.00. The van der Waals surface area contributed by atoms with Crippen molar-refractivity contribution in [3.8, 4) is 11.1 Å². The third-order valence-electron chi connectivity index (χ3n) is 2.27. The van der Waals surface area contributed by atoms with Gasteiger partial charge in [0, 0.05) is 23.0 Å². The first-order chi connectivity index (χ1) is 8.11. The molecule has 0 saturated carbocycles. The van der Waals surface area contributed by atoms with E-state index in [0.29, 0.717) is 11.8 Å². The van der Waals surface area contributed by atoms with E-state index in [0.717, 1.165) is 6.07 Å². The predicted octanol–water partition coefficient (Wildman–Crippen LogP) is 2.42. The molecule has 0 fully saturated rings. The first kappa shape index (κ1) is 11.2. The Kier molecular flexibility index (Phi) is 2.82. The molecule has 0 saturated heterocycles. The minimum absolute atomic E-state index is 0.0208. The highest BCUT2D eigenvalue weighted by Gasteiger charge is 2.11. The van der Waals surface area contributed by atoms with Crippen molar-refractivity contribution in [3.63, 3.8) is 0 Å². The summed E-state index contributed by atoms with van der Waals surface area (Å²) in [6, 6.07) is 5.12. The van der Waals surface area contributed by atoms with Gasteiger partial charge in [0.05, 0.1) is 0 Å². The number of carbonyl (C=O) groups is 1. The Balaban J connectivity index is 2.55. The van der Waals surface area contributed by atoms with Gasteiger partial charge >= 0.3 is 0 Å². The maximum absolute atomic E-state index is 13.5. The van der Waals surface area contributed by atoms with E-state index in [9.17, 15) is 13.6 Å². The summed E-state index contributed by atoms with van der Waals surface area (Å²) in [5.41, 5.74) is 6.16. The molecule has 0 aliphatic rings. The van der Waals surface area contributed by atoms with E-state index in [1.165, 1.54) is 24.4 Å². The topological polar surface area (TPSA) is 56.0 Å². The number of pyridine rings is 1. The quantitative estimate of drug-likeness (QED) is 0.641. The number of nitrogens with zero attached hydrogens (tertiary/aromatic N) is 1. The summed E-state index contributed by atoms with van der Waals surface area (Å²) in [6.07, 6.45) is 1.86. The van der Waals surface area contributed by atoms with Crippen molar-refractivity contribution in [1.29, 1.82) is 0 Å². The van der Waals surface area contributed by atoms with Gasteiger partial charge in [0.1, 0.15) is 5.69 Å². The van der Waals surface area contributed by atoms with Crippen LogP contribution in [0.2, 0.25) is 0 Å². The highest BCUT2D eigenvalue weighted by atomic mass is 19.2. The van der Waals surface area contributed by atoms with Crippen molar-refractivity contribution in [2.75, 3.05) is 5.73 Å². The summed E-state index contributed by atoms with van der Waals surface area (Å²) in [6.45, 7) is 0. The van der Waals surface area contributed by atoms with Crippen molar-refractivity contribution >= 4 is 12.0 Å². The van der Waals surface area contributed by atoms with Crippen molar-refractivity contribution in [3.05, 3.63) is 47.8 Å². The molecule has 0 unspecified atom stereocenters. The van der Waals surface area contributed by atoms with Gasteiger partial charge in [-0.3, -0.25) is 9.78 Å². The van der Waals surface area contributed by atoms with Crippen LogP contribution in [0.1, 0.15) is 10.5 Å². The molecule has 5 heteroatoms. The van der Waals surface area contributed by atoms with Crippen LogP contribution in [0.3, 0.4) is 0 Å². The van der Waals surface area contributed by atoms with Gasteiger partial charge in [-0.15, -0.1) is 0 Å². The Morgan fingerprint density at radius 1 is 1.24 bits per heavy atom. The van der Waals surface area contributed by atoms with Gasteiger partial charge in [0.25, 0.3) is 0 Å². The van der Waals surface area contributed by atoms with Gasteiger partial charge in [-0.25, -0.2) is 8.78 Å². The van der Waals surface area contributed by atoms with Crippen LogP contribution in [0, 0.1) is 11.6 Å². The zero-order valence-electron chi connectivity index (χ0n) is 8.65. The van der Waals surface area contributed by atoms with Gasteiger partial charge in [0.2, 0.25) is 0 Å². The van der Waals surface area contributed by atoms with Crippen LogP contribution >= 0.6 is 0 Å². The molecule has 1 aromatic heterocycles. The molecular formula is C12H8F2N2O. The lowest BCUT2D eigenvalue weighted by molar-refractivity contribution is 0.111. The monoisotopic (exact) mass is 234 g/mol. The Morgan fingerprint density at radius 2 is 2.00 bits per heavy atom. The van der Waals surface area contributed by atoms with Gasteiger partial charge in [0.15, 0.2) is 17.9 Å². The number of rotatable bonds is 2. The van der Waals surface area contributed by atoms with Crippen LogP contribution in [-0.2, 0) is 0 Å². The summed E-state index contributed by atoms with van der Waals surface area (Å²) in [5, 5.41) is 0. The fourth-order valence-corrected chi connectivity index (χ4v) is 1.45. The maximum Gasteiger partial charge on any atom is 0.168 e. The average Bonchev–Trinajstić information content (AvgIpc) is 2.34. The summed E-state index contributed by atoms with van der Waals surface area (Å²) >= 11 is 0. The van der Waals surface area contributed by atoms with E-state index in [1.807, 2.05) is 0 Å². The molecular weight excluding hydrogens is 226 g/mol. The third-order valence-corrected chi connectivity index (χ3v) is 2.27. The second kappa shape index (κ2) is 4.29. The van der Waals surface area contributed by atoms with E-state index in [4.69, 9.17) is 5.73 Å². The van der Waals surface area contributed by atoms with Gasteiger partial charge in [-0.1, -0.05) is 6.07 Å². The lowest BCUT2D eigenvalue weighted by Crippen LogP contribution is -1.95. The van der Waals surface area contributed by atoms with Gasteiger partial charge in [-0.2, -0.15) is 0 Å². The minimum atomic E-state index is -1.01. The fourth-order valence-electron chi connectivity index (χ4n) is 1.45. The first-order valence-corrected chi connectivity index (χ1v) is 4.78. The van der Waals surface area contributed by atoms with E-state index >= 15 is 0 Å². The lowest BCUT2D eigenvalue weighted by Gasteiger charge is -2.05. The number of hydrogen-bond donors (Lipinski definition) is 1. The van der Waals surface area contributed by atoms with Crippen LogP contribution in [0.5, 0.6) is 0 Å². The Labute approximate surface area is 95.9 Å². The molecule has 0 amide bonds. The number of anilines is 1. The number of aromatic nitrogens is 1. The number of nitrogen functional groups attached to an aromatic ring is 1. The van der Waals surface area contributed by atoms with E-state index in [1.54, 1.807) is 0 Å². The van der Waals surface area contributed by atoms with Gasteiger partial charge in [-0.05, 0) is 18.2 Å². The third kappa shape index (κ3) is 2.13. The second-order valence-corrected chi connectivity index (χ2v) is 3.45. The molecule has 2 N–H and O–H groups in total. The largest absolute Gasteiger partial charge is 0.399 e. The van der Waals surface area contributed by atoms with Crippen LogP contribution in [0.25, 0.3) is 11.1 Å². The average molecular weight is 234 g/mol. The van der Waals surface area contributed by atoms with Crippen molar-refractivity contribution in [1.82, 2.24) is 4.98 Å². The number of halogens is 2. The number of aldehydes is 1. The molecule has 1 heterocycles. The van der Waals surface area contributed by atoms with E-state index < -0.39 is 11.6 Å². The van der Waals surface area contributed by atoms with E-state index in [-0.39, 0.29) is 16.9 Å². The zero-order chi connectivity index (χ0) is 12.4. The molecule has 86 valence electrons. The summed E-state index contributed by atoms with van der Waals surface area (Å²) < 4.78 is 26.7. The molecule has 0 aliphatic carbocycles. The molecule has 2 aromatic rings. The fraction of sp³-hybridized carbons (Fsp3) is 0. The van der Waals surface area contributed by atoms with Crippen LogP contribution in [0.4, 0.5) is 14.5 Å². The second-order valence-electron chi connectivity index (χ2n) is 3.45. The number of nitrogens with two attached hydrogens (primary N) is 1. The summed E-state index contributed by atoms with van der Waals surface area (Å²) in [7, 11) is 0.